The molecule has 1 aromatic heterocycles. The van der Waals surface area contributed by atoms with E-state index in [0.29, 0.717) is 16.7 Å². The summed E-state index contributed by atoms with van der Waals surface area (Å²) >= 11 is 5.84. The molecule has 0 bridgehead atoms. The second-order valence-corrected chi connectivity index (χ2v) is 8.26. The van der Waals surface area contributed by atoms with E-state index in [2.05, 4.69) is 4.98 Å². The quantitative estimate of drug-likeness (QED) is 0.266. The van der Waals surface area contributed by atoms with E-state index < -0.39 is 35.8 Å². The zero-order valence-electron chi connectivity index (χ0n) is 17.8. The number of ether oxygens (including phenoxy) is 3. The molecule has 0 amide bonds. The van der Waals surface area contributed by atoms with E-state index in [-0.39, 0.29) is 22.7 Å². The second kappa shape index (κ2) is 8.94. The predicted octanol–water partition coefficient (Wildman–Crippen LogP) is 1.65. The van der Waals surface area contributed by atoms with Gasteiger partial charge in [-0.15, -0.1) is 0 Å². The molecule has 3 aromatic rings. The van der Waals surface area contributed by atoms with Crippen LogP contribution in [0.3, 0.4) is 0 Å². The number of aromatic nitrogens is 1. The maximum absolute atomic E-state index is 12.3. The number of aliphatic hydroxyl groups is 4. The number of halogens is 1. The van der Waals surface area contributed by atoms with E-state index >= 15 is 0 Å². The first-order valence-corrected chi connectivity index (χ1v) is 10.6. The zero-order chi connectivity index (χ0) is 23.9. The Balaban J connectivity index is 1.96. The third kappa shape index (κ3) is 3.97. The number of hydrogen-bond donors (Lipinski definition) is 5. The Morgan fingerprint density at radius 2 is 1.91 bits per heavy atom. The number of rotatable bonds is 6. The lowest BCUT2D eigenvalue weighted by Gasteiger charge is -2.48. The molecular formula is C23H24ClNO8. The van der Waals surface area contributed by atoms with Gasteiger partial charge < -0.3 is 39.6 Å². The van der Waals surface area contributed by atoms with Gasteiger partial charge in [0.05, 0.1) is 18.2 Å². The molecule has 0 spiro atoms. The minimum absolute atomic E-state index is 0.00224. The fourth-order valence-electron chi connectivity index (χ4n) is 4.06. The minimum Gasteiger partial charge on any atom is -0.497 e. The lowest BCUT2D eigenvalue weighted by Crippen LogP contribution is -2.66. The molecule has 1 fully saturated rings. The Morgan fingerprint density at radius 3 is 2.58 bits per heavy atom. The summed E-state index contributed by atoms with van der Waals surface area (Å²) in [5.41, 5.74) is -0.647. The minimum atomic E-state index is -2.17. The van der Waals surface area contributed by atoms with Crippen LogP contribution in [0, 0.1) is 0 Å². The molecule has 2 aromatic carbocycles. The highest BCUT2D eigenvalue weighted by molar-refractivity contribution is 6.19. The van der Waals surface area contributed by atoms with E-state index in [1.165, 1.54) is 32.4 Å². The van der Waals surface area contributed by atoms with Gasteiger partial charge in [0.25, 0.3) is 5.79 Å². The Morgan fingerprint density at radius 1 is 1.18 bits per heavy atom. The molecular weight excluding hydrogens is 454 g/mol. The van der Waals surface area contributed by atoms with Crippen molar-refractivity contribution in [1.29, 1.82) is 0 Å². The Hall–Kier alpha value is -2.66. The van der Waals surface area contributed by atoms with Crippen LogP contribution >= 0.6 is 11.6 Å². The van der Waals surface area contributed by atoms with Gasteiger partial charge in [-0.3, -0.25) is 4.79 Å². The summed E-state index contributed by atoms with van der Waals surface area (Å²) in [5, 5.41) is 42.9. The Kier molecular flexibility index (Phi) is 6.37. The first kappa shape index (κ1) is 23.5. The molecule has 0 aliphatic carbocycles. The predicted molar refractivity (Wildman–Crippen MR) is 118 cm³/mol. The number of hydrogen-bond acceptors (Lipinski definition) is 8. The number of para-hydroxylation sites is 1. The van der Waals surface area contributed by atoms with Crippen molar-refractivity contribution in [3.63, 3.8) is 0 Å². The van der Waals surface area contributed by atoms with Gasteiger partial charge in [-0.1, -0.05) is 29.8 Å². The van der Waals surface area contributed by atoms with Crippen LogP contribution in [-0.4, -0.2) is 68.3 Å². The van der Waals surface area contributed by atoms with Gasteiger partial charge in [-0.05, 0) is 25.1 Å². The van der Waals surface area contributed by atoms with Crippen molar-refractivity contribution >= 4 is 28.3 Å². The molecule has 33 heavy (non-hydrogen) atoms. The first-order chi connectivity index (χ1) is 15.7. The van der Waals surface area contributed by atoms with Crippen molar-refractivity contribution < 1.29 is 39.4 Å². The highest BCUT2D eigenvalue weighted by atomic mass is 35.5. The monoisotopic (exact) mass is 477 g/mol. The third-order valence-electron chi connectivity index (χ3n) is 5.78. The number of benzene rings is 2. The van der Waals surface area contributed by atoms with E-state index in [1.54, 1.807) is 30.3 Å². The molecule has 0 radical (unpaired) electrons. The molecule has 5 N–H and O–H groups in total. The summed E-state index contributed by atoms with van der Waals surface area (Å²) in [4.78, 5) is 15.3. The van der Waals surface area contributed by atoms with Crippen LogP contribution in [0.5, 0.6) is 11.5 Å². The van der Waals surface area contributed by atoms with Gasteiger partial charge >= 0.3 is 0 Å². The van der Waals surface area contributed by atoms with Crippen molar-refractivity contribution in [2.75, 3.05) is 7.11 Å². The zero-order valence-corrected chi connectivity index (χ0v) is 18.6. The molecule has 0 saturated carbocycles. The van der Waals surface area contributed by atoms with Crippen LogP contribution in [0.25, 0.3) is 10.9 Å². The summed E-state index contributed by atoms with van der Waals surface area (Å²) in [6.45, 7) is 1.34. The largest absolute Gasteiger partial charge is 0.497 e. The highest BCUT2D eigenvalue weighted by Gasteiger charge is 2.59. The van der Waals surface area contributed by atoms with Crippen LogP contribution in [0.4, 0.5) is 0 Å². The van der Waals surface area contributed by atoms with Gasteiger partial charge in [-0.2, -0.15) is 0 Å². The molecule has 10 heteroatoms. The topological polar surface area (TPSA) is 141 Å². The number of carbonyl (C=O) groups excluding carboxylic acids is 1. The Bertz CT molecular complexity index is 1160. The molecule has 6 atom stereocenters. The summed E-state index contributed by atoms with van der Waals surface area (Å²) in [5.74, 6) is -2.14. The number of ketones is 1. The number of aromatic amines is 1. The standard InChI is InChI=1S/C23H24ClNO8/c1-11(26)13-8-7-12(31-2)9-17(13)32-23(15-10-25-16-6-4-3-5-14(15)16)21(29)19(28)18(27)20(33-23)22(24)30/h3-10,18-22,25,27-30H,1-2H3/t18-,19+,20+,21-,22?,23-/m1/s1. The van der Waals surface area contributed by atoms with Crippen LogP contribution in [0.2, 0.25) is 0 Å². The molecule has 176 valence electrons. The molecule has 1 saturated heterocycles. The van der Waals surface area contributed by atoms with E-state index in [0.717, 1.165) is 0 Å². The lowest BCUT2D eigenvalue weighted by molar-refractivity contribution is -0.348. The number of carbonyl (C=O) groups is 1. The second-order valence-electron chi connectivity index (χ2n) is 7.82. The fraction of sp³-hybridized carbons (Fsp3) is 0.348. The molecule has 1 aliphatic heterocycles. The molecule has 4 rings (SSSR count). The number of H-pyrrole nitrogens is 1. The normalized spacial score (nSPS) is 28.5. The highest BCUT2D eigenvalue weighted by Crippen LogP contribution is 2.45. The lowest BCUT2D eigenvalue weighted by atomic mass is 9.87. The average molecular weight is 478 g/mol. The van der Waals surface area contributed by atoms with Crippen LogP contribution < -0.4 is 9.47 Å². The van der Waals surface area contributed by atoms with Gasteiger partial charge in [0.15, 0.2) is 17.5 Å². The number of fused-ring (bicyclic) bond motifs is 1. The van der Waals surface area contributed by atoms with E-state index in [4.69, 9.17) is 25.8 Å². The van der Waals surface area contributed by atoms with Gasteiger partial charge in [0.2, 0.25) is 0 Å². The van der Waals surface area contributed by atoms with Gasteiger partial charge in [0.1, 0.15) is 29.8 Å². The SMILES string of the molecule is COc1ccc(C(C)=O)c(O[C@]2(c3c[nH]c4ccccc34)O[C@H](C(O)Cl)[C@H](O)[C@H](O)[C@H]2O)c1. The summed E-state index contributed by atoms with van der Waals surface area (Å²) in [6.07, 6.45) is -5.39. The number of nitrogens with one attached hydrogen (secondary N) is 1. The van der Waals surface area contributed by atoms with E-state index in [9.17, 15) is 25.2 Å². The van der Waals surface area contributed by atoms with Crippen LogP contribution in [0.15, 0.2) is 48.7 Å². The number of methoxy groups -OCH3 is 1. The van der Waals surface area contributed by atoms with Crippen molar-refractivity contribution in [1.82, 2.24) is 4.98 Å². The smallest absolute Gasteiger partial charge is 0.268 e. The molecule has 1 unspecified atom stereocenters. The molecule has 1 aliphatic rings. The van der Waals surface area contributed by atoms with Crippen molar-refractivity contribution in [3.05, 3.63) is 59.8 Å². The van der Waals surface area contributed by atoms with Crippen LogP contribution in [0.1, 0.15) is 22.8 Å². The van der Waals surface area contributed by atoms with Gasteiger partial charge in [-0.25, -0.2) is 0 Å². The number of Topliss-reactive ketones (excluding diaryl/α,β-unsaturated/α-hetero) is 1. The maximum atomic E-state index is 12.3. The number of alkyl halides is 1. The summed E-state index contributed by atoms with van der Waals surface area (Å²) in [7, 11) is 1.44. The van der Waals surface area contributed by atoms with Crippen molar-refractivity contribution in [3.8, 4) is 11.5 Å². The fourth-order valence-corrected chi connectivity index (χ4v) is 4.26. The maximum Gasteiger partial charge on any atom is 0.268 e. The molecule has 2 heterocycles. The van der Waals surface area contributed by atoms with Crippen molar-refractivity contribution in [2.45, 2.75) is 42.7 Å². The van der Waals surface area contributed by atoms with Crippen molar-refractivity contribution in [2.24, 2.45) is 0 Å². The Labute approximate surface area is 194 Å². The number of aliphatic hydroxyl groups excluding tert-OH is 4. The summed E-state index contributed by atoms with van der Waals surface area (Å²) < 4.78 is 17.4. The first-order valence-electron chi connectivity index (χ1n) is 10.2. The van der Waals surface area contributed by atoms with E-state index in [1.807, 2.05) is 0 Å². The third-order valence-corrected chi connectivity index (χ3v) is 6.02. The molecule has 9 nitrogen and oxygen atoms in total. The van der Waals surface area contributed by atoms with Crippen LogP contribution in [-0.2, 0) is 10.5 Å². The van der Waals surface area contributed by atoms with Gasteiger partial charge in [0, 0.05) is 23.2 Å². The average Bonchev–Trinajstić information content (AvgIpc) is 3.23. The summed E-state index contributed by atoms with van der Waals surface area (Å²) in [6, 6.07) is 11.6.